The van der Waals surface area contributed by atoms with E-state index in [0.717, 1.165) is 16.4 Å². The molecule has 230 valence electrons. The summed E-state index contributed by atoms with van der Waals surface area (Å²) in [6.45, 7) is 5.88. The Balaban J connectivity index is 1.70. The molecule has 3 aromatic rings. The predicted octanol–water partition coefficient (Wildman–Crippen LogP) is 3.99. The summed E-state index contributed by atoms with van der Waals surface area (Å²) >= 11 is 0. The summed E-state index contributed by atoms with van der Waals surface area (Å²) in [6.07, 6.45) is 0. The van der Waals surface area contributed by atoms with Crippen molar-refractivity contribution in [3.63, 3.8) is 0 Å². The van der Waals surface area contributed by atoms with Crippen LogP contribution >= 0.6 is 0 Å². The summed E-state index contributed by atoms with van der Waals surface area (Å²) in [7, 11) is -2.83. The van der Waals surface area contributed by atoms with Gasteiger partial charge in [0.25, 0.3) is 10.0 Å². The standard InChI is InChI=1S/C31H36FN3O7S/c1-21(2)18-33-31(37)22(3)34(19-23-5-11-26(40-4)12-6-23)30(36)20-35(25-9-7-24(32)8-10-25)43(38,39)27-13-14-28-29(17-27)42-16-15-41-28/h5-14,17,21-22H,15-16,18-20H2,1-4H3,(H,33,37)/t22-/m0/s1. The molecule has 0 radical (unpaired) electrons. The van der Waals surface area contributed by atoms with Crippen LogP contribution in [0.2, 0.25) is 0 Å². The lowest BCUT2D eigenvalue weighted by Crippen LogP contribution is -2.51. The third-order valence-corrected chi connectivity index (χ3v) is 8.63. The van der Waals surface area contributed by atoms with E-state index in [0.29, 0.717) is 30.2 Å². The summed E-state index contributed by atoms with van der Waals surface area (Å²) in [4.78, 5) is 28.3. The molecular formula is C31H36FN3O7S. The summed E-state index contributed by atoms with van der Waals surface area (Å²) in [5.74, 6) is -0.101. The number of fused-ring (bicyclic) bond motifs is 1. The molecule has 1 atom stereocenters. The Kier molecular flexibility index (Phi) is 10.1. The highest BCUT2D eigenvalue weighted by molar-refractivity contribution is 7.92. The summed E-state index contributed by atoms with van der Waals surface area (Å²) in [5.41, 5.74) is 0.784. The lowest BCUT2D eigenvalue weighted by atomic mass is 10.1. The molecule has 0 bridgehead atoms. The number of nitrogens with zero attached hydrogens (tertiary/aromatic N) is 2. The quantitative estimate of drug-likeness (QED) is 0.329. The van der Waals surface area contributed by atoms with Crippen molar-refractivity contribution >= 4 is 27.5 Å². The molecule has 1 N–H and O–H groups in total. The van der Waals surface area contributed by atoms with E-state index in [4.69, 9.17) is 14.2 Å². The molecule has 0 fully saturated rings. The van der Waals surface area contributed by atoms with Crippen molar-refractivity contribution in [2.75, 3.05) is 37.7 Å². The Morgan fingerprint density at radius 2 is 1.60 bits per heavy atom. The number of hydrogen-bond donors (Lipinski definition) is 1. The van der Waals surface area contributed by atoms with E-state index in [9.17, 15) is 22.4 Å². The first kappa shape index (κ1) is 31.6. The molecule has 1 aliphatic heterocycles. The van der Waals surface area contributed by atoms with E-state index in [1.807, 2.05) is 13.8 Å². The molecule has 0 aromatic heterocycles. The van der Waals surface area contributed by atoms with Crippen LogP contribution < -0.4 is 23.8 Å². The number of halogens is 1. The average molecular weight is 614 g/mol. The van der Waals surface area contributed by atoms with E-state index in [1.54, 1.807) is 31.2 Å². The van der Waals surface area contributed by atoms with Crippen molar-refractivity contribution in [3.8, 4) is 17.2 Å². The molecule has 2 amide bonds. The van der Waals surface area contributed by atoms with Gasteiger partial charge in [-0.3, -0.25) is 13.9 Å². The third-order valence-electron chi connectivity index (χ3n) is 6.86. The molecule has 1 heterocycles. The number of rotatable bonds is 12. The number of methoxy groups -OCH3 is 1. The highest BCUT2D eigenvalue weighted by Gasteiger charge is 2.33. The lowest BCUT2D eigenvalue weighted by molar-refractivity contribution is -0.139. The molecule has 0 saturated heterocycles. The first-order valence-electron chi connectivity index (χ1n) is 13.9. The van der Waals surface area contributed by atoms with Crippen LogP contribution in [0.5, 0.6) is 17.2 Å². The van der Waals surface area contributed by atoms with Crippen LogP contribution in [-0.2, 0) is 26.2 Å². The van der Waals surface area contributed by atoms with Crippen molar-refractivity contribution in [1.82, 2.24) is 10.2 Å². The summed E-state index contributed by atoms with van der Waals surface area (Å²) in [6, 6.07) is 15.1. The van der Waals surface area contributed by atoms with Gasteiger partial charge in [-0.05, 0) is 66.9 Å². The topological polar surface area (TPSA) is 114 Å². The van der Waals surface area contributed by atoms with E-state index < -0.39 is 34.3 Å². The minimum Gasteiger partial charge on any atom is -0.497 e. The molecular weight excluding hydrogens is 577 g/mol. The number of carbonyl (C=O) groups excluding carboxylic acids is 2. The van der Waals surface area contributed by atoms with Gasteiger partial charge in [0.05, 0.1) is 17.7 Å². The van der Waals surface area contributed by atoms with Crippen molar-refractivity contribution < 1.29 is 36.6 Å². The van der Waals surface area contributed by atoms with Crippen molar-refractivity contribution in [3.05, 3.63) is 78.1 Å². The molecule has 1 aliphatic rings. The van der Waals surface area contributed by atoms with Gasteiger partial charge in [-0.1, -0.05) is 26.0 Å². The molecule has 0 unspecified atom stereocenters. The minimum absolute atomic E-state index is 0.0282. The van der Waals surface area contributed by atoms with Gasteiger partial charge in [0.2, 0.25) is 11.8 Å². The first-order valence-corrected chi connectivity index (χ1v) is 15.3. The van der Waals surface area contributed by atoms with Gasteiger partial charge in [0, 0.05) is 19.2 Å². The number of nitrogens with one attached hydrogen (secondary N) is 1. The number of benzene rings is 3. The van der Waals surface area contributed by atoms with E-state index in [2.05, 4.69) is 5.32 Å². The number of anilines is 1. The number of hydrogen-bond acceptors (Lipinski definition) is 7. The smallest absolute Gasteiger partial charge is 0.264 e. The van der Waals surface area contributed by atoms with Crippen LogP contribution in [0.3, 0.4) is 0 Å². The number of sulfonamides is 1. The Hall–Kier alpha value is -4.32. The second-order valence-electron chi connectivity index (χ2n) is 10.5. The van der Waals surface area contributed by atoms with Crippen LogP contribution in [0.1, 0.15) is 26.3 Å². The minimum atomic E-state index is -4.37. The van der Waals surface area contributed by atoms with Crippen molar-refractivity contribution in [2.24, 2.45) is 5.92 Å². The van der Waals surface area contributed by atoms with Gasteiger partial charge in [0.1, 0.15) is 37.4 Å². The Morgan fingerprint density at radius 3 is 2.23 bits per heavy atom. The summed E-state index contributed by atoms with van der Waals surface area (Å²) < 4.78 is 59.1. The molecule has 12 heteroatoms. The second kappa shape index (κ2) is 13.8. The average Bonchev–Trinajstić information content (AvgIpc) is 3.01. The van der Waals surface area contributed by atoms with E-state index in [-0.39, 0.29) is 41.3 Å². The van der Waals surface area contributed by atoms with Crippen LogP contribution in [0.15, 0.2) is 71.6 Å². The monoisotopic (exact) mass is 613 g/mol. The van der Waals surface area contributed by atoms with Gasteiger partial charge >= 0.3 is 0 Å². The van der Waals surface area contributed by atoms with E-state index in [1.165, 1.54) is 42.3 Å². The number of amides is 2. The van der Waals surface area contributed by atoms with Crippen LogP contribution in [-0.4, -0.2) is 64.6 Å². The van der Waals surface area contributed by atoms with Crippen LogP contribution in [0, 0.1) is 11.7 Å². The third kappa shape index (κ3) is 7.75. The Bertz CT molecular complexity index is 1530. The van der Waals surface area contributed by atoms with Crippen LogP contribution in [0.4, 0.5) is 10.1 Å². The fraction of sp³-hybridized carbons (Fsp3) is 0.355. The summed E-state index contributed by atoms with van der Waals surface area (Å²) in [5, 5.41) is 2.85. The highest BCUT2D eigenvalue weighted by Crippen LogP contribution is 2.34. The van der Waals surface area contributed by atoms with Gasteiger partial charge < -0.3 is 24.4 Å². The molecule has 43 heavy (non-hydrogen) atoms. The fourth-order valence-corrected chi connectivity index (χ4v) is 5.84. The van der Waals surface area contributed by atoms with Gasteiger partial charge in [-0.25, -0.2) is 12.8 Å². The van der Waals surface area contributed by atoms with Gasteiger partial charge in [-0.15, -0.1) is 0 Å². The maximum Gasteiger partial charge on any atom is 0.264 e. The maximum absolute atomic E-state index is 14.0. The van der Waals surface area contributed by atoms with Gasteiger partial charge in [0.15, 0.2) is 11.5 Å². The Labute approximate surface area is 251 Å². The second-order valence-corrected chi connectivity index (χ2v) is 12.3. The van der Waals surface area contributed by atoms with Gasteiger partial charge in [-0.2, -0.15) is 0 Å². The molecule has 3 aromatic carbocycles. The molecule has 4 rings (SSSR count). The SMILES string of the molecule is COc1ccc(CN(C(=O)CN(c2ccc(F)cc2)S(=O)(=O)c2ccc3c(c2)OCCO3)[C@@H](C)C(=O)NCC(C)C)cc1. The van der Waals surface area contributed by atoms with Crippen molar-refractivity contribution in [1.29, 1.82) is 0 Å². The molecule has 0 saturated carbocycles. The number of ether oxygens (including phenoxy) is 3. The number of carbonyl (C=O) groups is 2. The fourth-order valence-electron chi connectivity index (χ4n) is 4.41. The predicted molar refractivity (Wildman–Crippen MR) is 159 cm³/mol. The zero-order valence-corrected chi connectivity index (χ0v) is 25.4. The van der Waals surface area contributed by atoms with Crippen LogP contribution in [0.25, 0.3) is 0 Å². The highest BCUT2D eigenvalue weighted by atomic mass is 32.2. The van der Waals surface area contributed by atoms with E-state index >= 15 is 0 Å². The normalized spacial score (nSPS) is 13.3. The maximum atomic E-state index is 14.0. The molecule has 10 nitrogen and oxygen atoms in total. The zero-order valence-electron chi connectivity index (χ0n) is 24.6. The first-order chi connectivity index (χ1) is 20.5. The molecule has 0 spiro atoms. The van der Waals surface area contributed by atoms with Crippen molar-refractivity contribution in [2.45, 2.75) is 38.3 Å². The largest absolute Gasteiger partial charge is 0.497 e. The Morgan fingerprint density at radius 1 is 0.953 bits per heavy atom. The molecule has 0 aliphatic carbocycles. The zero-order chi connectivity index (χ0) is 31.1. The lowest BCUT2D eigenvalue weighted by Gasteiger charge is -2.32.